The second-order valence-electron chi connectivity index (χ2n) is 4.13. The summed E-state index contributed by atoms with van der Waals surface area (Å²) in [5.74, 6) is 0. The monoisotopic (exact) mass is 320 g/mol. The van der Waals surface area contributed by atoms with Gasteiger partial charge in [0.2, 0.25) is 0 Å². The predicted molar refractivity (Wildman–Crippen MR) is 77.5 cm³/mol. The highest BCUT2D eigenvalue weighted by atomic mass is 79.9. The van der Waals surface area contributed by atoms with Crippen LogP contribution >= 0.6 is 27.3 Å². The summed E-state index contributed by atoms with van der Waals surface area (Å²) >= 11 is 5.26. The normalized spacial score (nSPS) is 15.2. The molecule has 3 nitrogen and oxygen atoms in total. The van der Waals surface area contributed by atoms with Gasteiger partial charge in [0.25, 0.3) is 0 Å². The highest BCUT2D eigenvalue weighted by molar-refractivity contribution is 9.11. The van der Waals surface area contributed by atoms with Gasteiger partial charge in [-0.25, -0.2) is 0 Å². The molecule has 0 aliphatic rings. The summed E-state index contributed by atoms with van der Waals surface area (Å²) in [7, 11) is 3.83. The molecule has 0 amide bonds. The van der Waals surface area contributed by atoms with Gasteiger partial charge in [0.1, 0.15) is 0 Å². The van der Waals surface area contributed by atoms with Crippen molar-refractivity contribution in [3.63, 3.8) is 0 Å². The number of hydrogen-bond donors (Lipinski definition) is 1. The van der Waals surface area contributed by atoms with E-state index in [1.807, 2.05) is 0 Å². The van der Waals surface area contributed by atoms with Gasteiger partial charge in [0.15, 0.2) is 0 Å². The molecule has 0 spiro atoms. The van der Waals surface area contributed by atoms with Gasteiger partial charge in [-0.2, -0.15) is 0 Å². The van der Waals surface area contributed by atoms with Crippen LogP contribution in [-0.4, -0.2) is 38.3 Å². The lowest BCUT2D eigenvalue weighted by Gasteiger charge is -2.31. The van der Waals surface area contributed by atoms with Crippen LogP contribution in [0.25, 0.3) is 0 Å². The van der Waals surface area contributed by atoms with Crippen LogP contribution in [0.3, 0.4) is 0 Å². The zero-order chi connectivity index (χ0) is 12.8. The maximum absolute atomic E-state index is 6.24. The molecular formula is C12H21BrN2OS. The van der Waals surface area contributed by atoms with Crippen molar-refractivity contribution in [2.24, 2.45) is 5.73 Å². The number of thiophene rings is 1. The van der Waals surface area contributed by atoms with Crippen LogP contribution < -0.4 is 5.73 Å². The average Bonchev–Trinajstić information content (AvgIpc) is 2.73. The number of rotatable bonds is 7. The molecule has 5 heteroatoms. The molecule has 2 unspecified atom stereocenters. The molecule has 1 aromatic heterocycles. The van der Waals surface area contributed by atoms with E-state index >= 15 is 0 Å². The SMILES string of the molecule is CCC(N)C(c1ccc(Br)s1)N(C)CCOC. The summed E-state index contributed by atoms with van der Waals surface area (Å²) in [5, 5.41) is 0. The molecule has 1 aromatic rings. The number of hydrogen-bond acceptors (Lipinski definition) is 4. The van der Waals surface area contributed by atoms with Crippen LogP contribution in [0.1, 0.15) is 24.3 Å². The van der Waals surface area contributed by atoms with Gasteiger partial charge in [0, 0.05) is 24.6 Å². The molecule has 0 radical (unpaired) electrons. The molecule has 0 saturated heterocycles. The number of likely N-dealkylation sites (N-methyl/N-ethyl adjacent to an activating group) is 1. The quantitative estimate of drug-likeness (QED) is 0.839. The van der Waals surface area contributed by atoms with Gasteiger partial charge in [-0.15, -0.1) is 11.3 Å². The summed E-state index contributed by atoms with van der Waals surface area (Å²) in [6.07, 6.45) is 0.970. The number of methoxy groups -OCH3 is 1. The molecule has 2 atom stereocenters. The smallest absolute Gasteiger partial charge is 0.0702 e. The van der Waals surface area contributed by atoms with Crippen LogP contribution in [0.4, 0.5) is 0 Å². The maximum Gasteiger partial charge on any atom is 0.0702 e. The van der Waals surface area contributed by atoms with Gasteiger partial charge in [-0.05, 0) is 41.5 Å². The molecule has 0 aliphatic carbocycles. The minimum absolute atomic E-state index is 0.155. The second-order valence-corrected chi connectivity index (χ2v) is 6.63. The fourth-order valence-electron chi connectivity index (χ4n) is 1.84. The fourth-order valence-corrected chi connectivity index (χ4v) is 3.51. The van der Waals surface area contributed by atoms with Crippen LogP contribution in [0.15, 0.2) is 15.9 Å². The highest BCUT2D eigenvalue weighted by Gasteiger charge is 2.24. The summed E-state index contributed by atoms with van der Waals surface area (Å²) in [4.78, 5) is 3.58. The zero-order valence-corrected chi connectivity index (χ0v) is 13.1. The van der Waals surface area contributed by atoms with Gasteiger partial charge in [-0.1, -0.05) is 6.92 Å². The highest BCUT2D eigenvalue weighted by Crippen LogP contribution is 2.32. The topological polar surface area (TPSA) is 38.5 Å². The van der Waals surface area contributed by atoms with E-state index in [9.17, 15) is 0 Å². The number of ether oxygens (including phenoxy) is 1. The van der Waals surface area contributed by atoms with Crippen LogP contribution in [0.2, 0.25) is 0 Å². The van der Waals surface area contributed by atoms with E-state index in [0.29, 0.717) is 0 Å². The van der Waals surface area contributed by atoms with Gasteiger partial charge in [-0.3, -0.25) is 4.90 Å². The summed E-state index contributed by atoms with van der Waals surface area (Å²) in [6.45, 7) is 3.75. The van der Waals surface area contributed by atoms with Crippen molar-refractivity contribution in [2.45, 2.75) is 25.4 Å². The third-order valence-electron chi connectivity index (χ3n) is 2.89. The predicted octanol–water partition coefficient (Wildman–Crippen LogP) is 2.87. The van der Waals surface area contributed by atoms with Gasteiger partial charge >= 0.3 is 0 Å². The molecule has 98 valence electrons. The molecule has 2 N–H and O–H groups in total. The third-order valence-corrected chi connectivity index (χ3v) is 4.58. The number of nitrogens with zero attached hydrogens (tertiary/aromatic N) is 1. The first kappa shape index (κ1) is 15.1. The van der Waals surface area contributed by atoms with E-state index in [0.717, 1.165) is 23.4 Å². The van der Waals surface area contributed by atoms with E-state index in [1.54, 1.807) is 18.4 Å². The molecule has 0 fully saturated rings. The Morgan fingerprint density at radius 3 is 2.71 bits per heavy atom. The van der Waals surface area contributed by atoms with E-state index in [2.05, 4.69) is 46.9 Å². The van der Waals surface area contributed by atoms with Crippen molar-refractivity contribution in [1.29, 1.82) is 0 Å². The van der Waals surface area contributed by atoms with Crippen LogP contribution in [-0.2, 0) is 4.74 Å². The first-order chi connectivity index (χ1) is 8.10. The number of nitrogens with two attached hydrogens (primary N) is 1. The van der Waals surface area contributed by atoms with E-state index in [1.165, 1.54) is 4.88 Å². The van der Waals surface area contributed by atoms with Crippen molar-refractivity contribution in [1.82, 2.24) is 4.90 Å². The summed E-state index contributed by atoms with van der Waals surface area (Å²) in [6, 6.07) is 4.66. The first-order valence-electron chi connectivity index (χ1n) is 5.80. The molecule has 1 heterocycles. The van der Waals surface area contributed by atoms with Crippen LogP contribution in [0, 0.1) is 0 Å². The Hall–Kier alpha value is 0.0600. The molecule has 1 rings (SSSR count). The zero-order valence-electron chi connectivity index (χ0n) is 10.6. The van der Waals surface area contributed by atoms with E-state index in [-0.39, 0.29) is 12.1 Å². The Balaban J connectivity index is 2.80. The molecule has 0 saturated carbocycles. The standard InChI is InChI=1S/C12H21BrN2OS/c1-4-9(14)12(15(2)7-8-16-3)10-5-6-11(13)17-10/h5-6,9,12H,4,7-8,14H2,1-3H3. The minimum atomic E-state index is 0.155. The molecule has 17 heavy (non-hydrogen) atoms. The molecule has 0 aromatic carbocycles. The van der Waals surface area contributed by atoms with Crippen molar-refractivity contribution < 1.29 is 4.74 Å². The first-order valence-corrected chi connectivity index (χ1v) is 7.41. The Bertz CT molecular complexity index is 332. The van der Waals surface area contributed by atoms with E-state index < -0.39 is 0 Å². The van der Waals surface area contributed by atoms with Gasteiger partial charge in [0.05, 0.1) is 16.4 Å². The molecular weight excluding hydrogens is 300 g/mol. The fraction of sp³-hybridized carbons (Fsp3) is 0.667. The minimum Gasteiger partial charge on any atom is -0.383 e. The summed E-state index contributed by atoms with van der Waals surface area (Å²) in [5.41, 5.74) is 6.24. The molecule has 0 aliphatic heterocycles. The maximum atomic E-state index is 6.24. The third kappa shape index (κ3) is 4.34. The van der Waals surface area contributed by atoms with Crippen molar-refractivity contribution >= 4 is 27.3 Å². The Labute approximate surface area is 116 Å². The van der Waals surface area contributed by atoms with Crippen molar-refractivity contribution in [2.75, 3.05) is 27.3 Å². The van der Waals surface area contributed by atoms with Crippen molar-refractivity contribution in [3.05, 3.63) is 20.8 Å². The van der Waals surface area contributed by atoms with Crippen LogP contribution in [0.5, 0.6) is 0 Å². The Morgan fingerprint density at radius 2 is 2.24 bits per heavy atom. The molecule has 0 bridgehead atoms. The van der Waals surface area contributed by atoms with Crippen molar-refractivity contribution in [3.8, 4) is 0 Å². The Kier molecular flexibility index (Phi) is 6.66. The average molecular weight is 321 g/mol. The Morgan fingerprint density at radius 1 is 1.53 bits per heavy atom. The lowest BCUT2D eigenvalue weighted by Crippen LogP contribution is -2.39. The lowest BCUT2D eigenvalue weighted by atomic mass is 10.0. The number of halogens is 1. The summed E-state index contributed by atoms with van der Waals surface area (Å²) < 4.78 is 6.28. The lowest BCUT2D eigenvalue weighted by molar-refractivity contribution is 0.129. The van der Waals surface area contributed by atoms with Gasteiger partial charge < -0.3 is 10.5 Å². The van der Waals surface area contributed by atoms with E-state index in [4.69, 9.17) is 10.5 Å². The largest absolute Gasteiger partial charge is 0.383 e. The second kappa shape index (κ2) is 7.48.